The molecule has 2 aromatic carbocycles. The highest BCUT2D eigenvalue weighted by molar-refractivity contribution is 7.92. The summed E-state index contributed by atoms with van der Waals surface area (Å²) in [5.74, 6) is -0.250. The lowest BCUT2D eigenvalue weighted by molar-refractivity contribution is -0.119. The predicted molar refractivity (Wildman–Crippen MR) is 105 cm³/mol. The van der Waals surface area contributed by atoms with Gasteiger partial charge in [0.2, 0.25) is 10.0 Å². The zero-order valence-electron chi connectivity index (χ0n) is 14.9. The van der Waals surface area contributed by atoms with Crippen molar-refractivity contribution in [2.75, 3.05) is 22.0 Å². The third kappa shape index (κ3) is 3.44. The predicted octanol–water partition coefficient (Wildman–Crippen LogP) is 3.39. The van der Waals surface area contributed by atoms with Crippen molar-refractivity contribution in [1.82, 2.24) is 0 Å². The molecule has 5 nitrogen and oxygen atoms in total. The lowest BCUT2D eigenvalue weighted by Crippen LogP contribution is -2.49. The maximum Gasteiger partial charge on any atom is 0.250 e. The summed E-state index contributed by atoms with van der Waals surface area (Å²) in [5.41, 5.74) is 3.10. The fraction of sp³-hybridized carbons (Fsp3) is 0.316. The Labute approximate surface area is 159 Å². The number of nitrogens with zero attached hydrogens (tertiary/aromatic N) is 2. The highest BCUT2D eigenvalue weighted by atomic mass is 35.5. The van der Waals surface area contributed by atoms with Crippen LogP contribution in [-0.4, -0.2) is 33.2 Å². The van der Waals surface area contributed by atoms with Crippen molar-refractivity contribution in [3.05, 3.63) is 58.6 Å². The Morgan fingerprint density at radius 3 is 2.62 bits per heavy atom. The summed E-state index contributed by atoms with van der Waals surface area (Å²) in [6.45, 7) is 3.96. The van der Waals surface area contributed by atoms with Gasteiger partial charge < -0.3 is 4.90 Å². The molecule has 0 fully saturated rings. The molecule has 0 aromatic heterocycles. The molecule has 1 atom stereocenters. The van der Waals surface area contributed by atoms with Crippen LogP contribution in [0, 0.1) is 6.92 Å². The Balaban J connectivity index is 2.01. The molecule has 0 bridgehead atoms. The van der Waals surface area contributed by atoms with E-state index in [0.29, 0.717) is 17.3 Å². The van der Waals surface area contributed by atoms with Gasteiger partial charge in [-0.2, -0.15) is 0 Å². The number of aryl methyl sites for hydroxylation is 1. The summed E-state index contributed by atoms with van der Waals surface area (Å²) >= 11 is 6.07. The van der Waals surface area contributed by atoms with E-state index >= 15 is 0 Å². The van der Waals surface area contributed by atoms with Gasteiger partial charge in [-0.3, -0.25) is 9.10 Å². The minimum atomic E-state index is -3.68. The van der Waals surface area contributed by atoms with E-state index in [2.05, 4.69) is 0 Å². The molecule has 3 rings (SSSR count). The van der Waals surface area contributed by atoms with Crippen molar-refractivity contribution >= 4 is 38.9 Å². The minimum absolute atomic E-state index is 0.250. The quantitative estimate of drug-likeness (QED) is 0.801. The van der Waals surface area contributed by atoms with E-state index in [4.69, 9.17) is 11.6 Å². The van der Waals surface area contributed by atoms with Gasteiger partial charge in [0.05, 0.1) is 11.9 Å². The first-order valence-electron chi connectivity index (χ1n) is 8.35. The summed E-state index contributed by atoms with van der Waals surface area (Å²) in [5, 5.41) is 0.422. The molecule has 1 amide bonds. The number of amides is 1. The minimum Gasteiger partial charge on any atom is -0.310 e. The number of carbonyl (C=O) groups is 1. The number of hydrogen-bond donors (Lipinski definition) is 0. The first-order valence-corrected chi connectivity index (χ1v) is 10.6. The van der Waals surface area contributed by atoms with Crippen molar-refractivity contribution in [1.29, 1.82) is 0 Å². The fourth-order valence-electron chi connectivity index (χ4n) is 3.39. The van der Waals surface area contributed by atoms with E-state index < -0.39 is 16.1 Å². The van der Waals surface area contributed by atoms with Gasteiger partial charge >= 0.3 is 0 Å². The zero-order chi connectivity index (χ0) is 19.1. The molecule has 1 aliphatic heterocycles. The number of fused-ring (bicyclic) bond motifs is 1. The number of carbonyl (C=O) groups excluding carboxylic acids is 1. The molecule has 138 valence electrons. The maximum atomic E-state index is 13.2. The molecule has 0 unspecified atom stereocenters. The molecule has 2 aromatic rings. The van der Waals surface area contributed by atoms with E-state index in [9.17, 15) is 13.2 Å². The molecule has 0 saturated carbocycles. The molecule has 0 saturated heterocycles. The summed E-state index contributed by atoms with van der Waals surface area (Å²) in [7, 11) is -3.68. The lowest BCUT2D eigenvalue weighted by atomic mass is 10.1. The van der Waals surface area contributed by atoms with Crippen LogP contribution in [0.4, 0.5) is 11.4 Å². The second kappa shape index (κ2) is 6.93. The fourth-order valence-corrected chi connectivity index (χ4v) is 4.77. The first-order chi connectivity index (χ1) is 12.2. The number of anilines is 2. The zero-order valence-corrected chi connectivity index (χ0v) is 16.5. The molecule has 7 heteroatoms. The lowest BCUT2D eigenvalue weighted by Gasteiger charge is -2.32. The van der Waals surface area contributed by atoms with Crippen LogP contribution in [0.15, 0.2) is 42.5 Å². The average Bonchev–Trinajstić information content (AvgIpc) is 3.00. The Morgan fingerprint density at radius 1 is 1.23 bits per heavy atom. The van der Waals surface area contributed by atoms with Crippen molar-refractivity contribution in [2.45, 2.75) is 26.3 Å². The topological polar surface area (TPSA) is 57.7 Å². The van der Waals surface area contributed by atoms with Gasteiger partial charge in [-0.05, 0) is 49.6 Å². The molecule has 1 aliphatic rings. The summed E-state index contributed by atoms with van der Waals surface area (Å²) in [6, 6.07) is 11.8. The first kappa shape index (κ1) is 18.7. The molecule has 1 heterocycles. The summed E-state index contributed by atoms with van der Waals surface area (Å²) in [4.78, 5) is 14.8. The van der Waals surface area contributed by atoms with Gasteiger partial charge in [-0.1, -0.05) is 35.9 Å². The van der Waals surface area contributed by atoms with Gasteiger partial charge in [-0.15, -0.1) is 0 Å². The highest BCUT2D eigenvalue weighted by Gasteiger charge is 2.35. The van der Waals surface area contributed by atoms with Crippen molar-refractivity contribution in [2.24, 2.45) is 0 Å². The van der Waals surface area contributed by atoms with Crippen molar-refractivity contribution < 1.29 is 13.2 Å². The largest absolute Gasteiger partial charge is 0.310 e. The Bertz CT molecular complexity index is 959. The number of hydrogen-bond acceptors (Lipinski definition) is 3. The molecule has 0 spiro atoms. The van der Waals surface area contributed by atoms with Gasteiger partial charge in [0.1, 0.15) is 6.04 Å². The van der Waals surface area contributed by atoms with Gasteiger partial charge in [0.25, 0.3) is 5.91 Å². The molecule has 0 N–H and O–H groups in total. The normalized spacial score (nSPS) is 14.8. The van der Waals surface area contributed by atoms with Crippen LogP contribution in [0.25, 0.3) is 0 Å². The number of halogens is 1. The maximum absolute atomic E-state index is 13.2. The SMILES string of the molecule is Cc1ccc(Cl)cc1N([C@@H](C)C(=O)N1CCc2ccccc21)S(C)(=O)=O. The number of para-hydroxylation sites is 1. The molecule has 0 aliphatic carbocycles. The van der Waals surface area contributed by atoms with E-state index in [1.165, 1.54) is 0 Å². The van der Waals surface area contributed by atoms with E-state index in [1.807, 2.05) is 24.3 Å². The second-order valence-electron chi connectivity index (χ2n) is 6.53. The molecule has 26 heavy (non-hydrogen) atoms. The number of rotatable bonds is 4. The number of benzene rings is 2. The second-order valence-corrected chi connectivity index (χ2v) is 8.83. The van der Waals surface area contributed by atoms with Gasteiger partial charge in [-0.25, -0.2) is 8.42 Å². The van der Waals surface area contributed by atoms with Crippen LogP contribution in [0.3, 0.4) is 0 Å². The van der Waals surface area contributed by atoms with Crippen LogP contribution >= 0.6 is 11.6 Å². The monoisotopic (exact) mass is 392 g/mol. The van der Waals surface area contributed by atoms with Gasteiger partial charge in [0, 0.05) is 17.3 Å². The summed E-state index contributed by atoms with van der Waals surface area (Å²) < 4.78 is 26.2. The Morgan fingerprint density at radius 2 is 1.92 bits per heavy atom. The number of sulfonamides is 1. The third-order valence-corrected chi connectivity index (χ3v) is 6.09. The highest BCUT2D eigenvalue weighted by Crippen LogP contribution is 2.32. The van der Waals surface area contributed by atoms with Crippen molar-refractivity contribution in [3.8, 4) is 0 Å². The van der Waals surface area contributed by atoms with E-state index in [0.717, 1.165) is 33.8 Å². The van der Waals surface area contributed by atoms with Crippen LogP contribution < -0.4 is 9.21 Å². The molecule has 0 radical (unpaired) electrons. The van der Waals surface area contributed by atoms with E-state index in [1.54, 1.807) is 36.9 Å². The van der Waals surface area contributed by atoms with Crippen molar-refractivity contribution in [3.63, 3.8) is 0 Å². The third-order valence-electron chi connectivity index (χ3n) is 4.63. The van der Waals surface area contributed by atoms with Gasteiger partial charge in [0.15, 0.2) is 0 Å². The van der Waals surface area contributed by atoms with Crippen LogP contribution in [0.2, 0.25) is 5.02 Å². The smallest absolute Gasteiger partial charge is 0.250 e. The standard InChI is InChI=1S/C19H21ClN2O3S/c1-13-8-9-16(20)12-18(13)22(26(3,24)25)14(2)19(23)21-11-10-15-6-4-5-7-17(15)21/h4-9,12,14H,10-11H2,1-3H3/t14-/m0/s1. The van der Waals surface area contributed by atoms with E-state index in [-0.39, 0.29) is 5.91 Å². The summed E-state index contributed by atoms with van der Waals surface area (Å²) in [6.07, 6.45) is 1.87. The Kier molecular flexibility index (Phi) is 4.99. The average molecular weight is 393 g/mol. The molecular formula is C19H21ClN2O3S. The van der Waals surface area contributed by atoms with Crippen LogP contribution in [0.1, 0.15) is 18.1 Å². The Hall–Kier alpha value is -2.05. The molecular weight excluding hydrogens is 372 g/mol. The van der Waals surface area contributed by atoms with Crippen LogP contribution in [-0.2, 0) is 21.2 Å². The van der Waals surface area contributed by atoms with Crippen LogP contribution in [0.5, 0.6) is 0 Å².